The number of nitro groups is 1. The monoisotopic (exact) mass is 642 g/mol. The van der Waals surface area contributed by atoms with Gasteiger partial charge >= 0.3 is 5.82 Å². The van der Waals surface area contributed by atoms with E-state index < -0.39 is 4.92 Å². The van der Waals surface area contributed by atoms with Crippen molar-refractivity contribution in [3.05, 3.63) is 106 Å². The molecule has 0 radical (unpaired) electrons. The van der Waals surface area contributed by atoms with Crippen LogP contribution < -0.4 is 15.4 Å². The van der Waals surface area contributed by atoms with Gasteiger partial charge in [-0.1, -0.05) is 24.6 Å². The number of rotatable bonds is 13. The van der Waals surface area contributed by atoms with Crippen LogP contribution in [0.5, 0.6) is 5.75 Å². The molecular formula is C32H33ClN9O4+. The molecule has 3 aromatic heterocycles. The lowest BCUT2D eigenvalue weighted by Gasteiger charge is -2.28. The van der Waals surface area contributed by atoms with Gasteiger partial charge in [0.25, 0.3) is 0 Å². The smallest absolute Gasteiger partial charge is 0.368 e. The van der Waals surface area contributed by atoms with Crippen molar-refractivity contribution in [1.29, 1.82) is 0 Å². The van der Waals surface area contributed by atoms with Gasteiger partial charge in [-0.2, -0.15) is 0 Å². The number of carbonyl (C=O) groups excluding carboxylic acids is 1. The lowest BCUT2D eigenvalue weighted by molar-refractivity contribution is -0.880. The molecule has 2 N–H and O–H groups in total. The van der Waals surface area contributed by atoms with E-state index >= 15 is 0 Å². The SMILES string of the molecule is CCC1=NC([N+](=O)[O-])=C(C[N+](C)(C)C/C=C/C(=O)Nc2cc3c(Nc4ccc(OCc5ccccn5)c(Cl)c4)ncnc3cn2)C1. The maximum atomic E-state index is 12.8. The highest BCUT2D eigenvalue weighted by atomic mass is 35.5. The number of benzene rings is 1. The van der Waals surface area contributed by atoms with Gasteiger partial charge in [0.15, 0.2) is 0 Å². The van der Waals surface area contributed by atoms with Crippen LogP contribution in [0.25, 0.3) is 10.9 Å². The maximum absolute atomic E-state index is 12.8. The van der Waals surface area contributed by atoms with Crippen LogP contribution >= 0.6 is 11.6 Å². The fourth-order valence-electron chi connectivity index (χ4n) is 4.88. The van der Waals surface area contributed by atoms with Crippen LogP contribution in [0, 0.1) is 10.1 Å². The summed E-state index contributed by atoms with van der Waals surface area (Å²) in [5, 5.41) is 18.5. The molecule has 1 aliphatic rings. The van der Waals surface area contributed by atoms with Crippen molar-refractivity contribution < 1.29 is 18.9 Å². The van der Waals surface area contributed by atoms with Crippen molar-refractivity contribution in [1.82, 2.24) is 19.9 Å². The number of ether oxygens (including phenoxy) is 1. The summed E-state index contributed by atoms with van der Waals surface area (Å²) in [4.78, 5) is 45.2. The topological polar surface area (TPSA) is 157 Å². The van der Waals surface area contributed by atoms with E-state index in [0.717, 1.165) is 11.4 Å². The van der Waals surface area contributed by atoms with E-state index in [-0.39, 0.29) is 18.3 Å². The van der Waals surface area contributed by atoms with E-state index in [1.54, 1.807) is 36.7 Å². The number of halogens is 1. The molecule has 0 spiro atoms. The number of aromatic nitrogens is 4. The highest BCUT2D eigenvalue weighted by Gasteiger charge is 2.32. The van der Waals surface area contributed by atoms with Gasteiger partial charge in [0, 0.05) is 36.2 Å². The second-order valence-electron chi connectivity index (χ2n) is 11.2. The molecule has 1 aliphatic heterocycles. The van der Waals surface area contributed by atoms with Crippen molar-refractivity contribution in [3.63, 3.8) is 0 Å². The Kier molecular flexibility index (Phi) is 9.94. The lowest BCUT2D eigenvalue weighted by atomic mass is 10.1. The number of fused-ring (bicyclic) bond motifs is 1. The first-order valence-corrected chi connectivity index (χ1v) is 14.9. The molecule has 1 aromatic carbocycles. The summed E-state index contributed by atoms with van der Waals surface area (Å²) >= 11 is 6.49. The summed E-state index contributed by atoms with van der Waals surface area (Å²) in [6.45, 7) is 3.15. The Balaban J connectivity index is 1.21. The van der Waals surface area contributed by atoms with Crippen molar-refractivity contribution >= 4 is 51.4 Å². The molecule has 46 heavy (non-hydrogen) atoms. The van der Waals surface area contributed by atoms with Crippen LogP contribution in [-0.2, 0) is 11.4 Å². The second kappa shape index (κ2) is 14.2. The largest absolute Gasteiger partial charge is 0.486 e. The van der Waals surface area contributed by atoms with Gasteiger partial charge in [0.1, 0.15) is 42.6 Å². The Morgan fingerprint density at radius 1 is 1.15 bits per heavy atom. The summed E-state index contributed by atoms with van der Waals surface area (Å²) in [5.41, 5.74) is 3.56. The summed E-state index contributed by atoms with van der Waals surface area (Å²) in [5.74, 6) is 0.915. The van der Waals surface area contributed by atoms with Gasteiger partial charge in [-0.25, -0.2) is 15.0 Å². The third-order valence-electron chi connectivity index (χ3n) is 7.14. The molecule has 0 aliphatic carbocycles. The Hall–Kier alpha value is -5.27. The summed E-state index contributed by atoms with van der Waals surface area (Å²) in [6, 6.07) is 12.6. The quantitative estimate of drug-likeness (QED) is 0.0806. The average Bonchev–Trinajstić information content (AvgIpc) is 3.44. The number of nitrogens with one attached hydrogen (secondary N) is 2. The minimum Gasteiger partial charge on any atom is -0.486 e. The van der Waals surface area contributed by atoms with Crippen molar-refractivity contribution in [2.24, 2.45) is 4.99 Å². The highest BCUT2D eigenvalue weighted by molar-refractivity contribution is 6.32. The average molecular weight is 643 g/mol. The minimum absolute atomic E-state index is 0.0595. The van der Waals surface area contributed by atoms with Crippen LogP contribution in [0.2, 0.25) is 5.02 Å². The van der Waals surface area contributed by atoms with E-state index in [9.17, 15) is 14.9 Å². The fraction of sp³-hybridized carbons (Fsp3) is 0.250. The summed E-state index contributed by atoms with van der Waals surface area (Å²) in [7, 11) is 3.90. The molecule has 0 saturated heterocycles. The molecule has 0 bridgehead atoms. The van der Waals surface area contributed by atoms with E-state index in [2.05, 4.69) is 35.6 Å². The Morgan fingerprint density at radius 2 is 2.00 bits per heavy atom. The molecule has 4 heterocycles. The zero-order valence-electron chi connectivity index (χ0n) is 25.6. The van der Waals surface area contributed by atoms with Crippen LogP contribution in [-0.4, -0.2) is 68.1 Å². The second-order valence-corrected chi connectivity index (χ2v) is 11.7. The van der Waals surface area contributed by atoms with Crippen LogP contribution in [0.1, 0.15) is 25.5 Å². The zero-order chi connectivity index (χ0) is 32.7. The normalized spacial score (nSPS) is 13.3. The number of aliphatic imine (C=N–C) groups is 1. The summed E-state index contributed by atoms with van der Waals surface area (Å²) < 4.78 is 6.24. The fourth-order valence-corrected chi connectivity index (χ4v) is 5.12. The number of pyridine rings is 2. The number of likely N-dealkylation sites (N-methyl/N-ethyl adjacent to an activating group) is 1. The molecule has 0 unspecified atom stereocenters. The molecular weight excluding hydrogens is 610 g/mol. The Labute approximate surface area is 270 Å². The van der Waals surface area contributed by atoms with E-state index in [1.807, 2.05) is 45.3 Å². The Bertz CT molecular complexity index is 1860. The number of hydrogen-bond acceptors (Lipinski definition) is 10. The first kappa shape index (κ1) is 32.1. The molecule has 4 aromatic rings. The number of quaternary nitrogens is 1. The highest BCUT2D eigenvalue weighted by Crippen LogP contribution is 2.31. The van der Waals surface area contributed by atoms with Gasteiger partial charge in [0.05, 0.1) is 48.6 Å². The molecule has 0 fully saturated rings. The van der Waals surface area contributed by atoms with Crippen molar-refractivity contribution in [3.8, 4) is 5.75 Å². The molecule has 14 heteroatoms. The number of carbonyl (C=O) groups is 1. The third-order valence-corrected chi connectivity index (χ3v) is 7.43. The van der Waals surface area contributed by atoms with Crippen LogP contribution in [0.15, 0.2) is 89.7 Å². The first-order chi connectivity index (χ1) is 22.1. The molecule has 0 saturated carbocycles. The van der Waals surface area contributed by atoms with Crippen LogP contribution in [0.3, 0.4) is 0 Å². The van der Waals surface area contributed by atoms with Gasteiger partial charge in [-0.15, -0.1) is 0 Å². The molecule has 5 rings (SSSR count). The van der Waals surface area contributed by atoms with Gasteiger partial charge in [-0.05, 0) is 52.4 Å². The lowest BCUT2D eigenvalue weighted by Crippen LogP contribution is -2.41. The molecule has 13 nitrogen and oxygen atoms in total. The van der Waals surface area contributed by atoms with E-state index in [1.165, 1.54) is 12.4 Å². The van der Waals surface area contributed by atoms with Crippen molar-refractivity contribution in [2.75, 3.05) is 37.8 Å². The maximum Gasteiger partial charge on any atom is 0.368 e. The van der Waals surface area contributed by atoms with Crippen molar-refractivity contribution in [2.45, 2.75) is 26.4 Å². The third kappa shape index (κ3) is 8.25. The van der Waals surface area contributed by atoms with E-state index in [0.29, 0.717) is 75.0 Å². The predicted octanol–water partition coefficient (Wildman–Crippen LogP) is 5.71. The minimum atomic E-state index is -0.421. The molecule has 0 atom stereocenters. The Morgan fingerprint density at radius 3 is 2.74 bits per heavy atom. The number of hydrogen-bond donors (Lipinski definition) is 2. The van der Waals surface area contributed by atoms with Gasteiger partial charge in [-0.3, -0.25) is 9.78 Å². The zero-order valence-corrected chi connectivity index (χ0v) is 26.4. The first-order valence-electron chi connectivity index (χ1n) is 14.5. The number of nitrogens with zero attached hydrogens (tertiary/aromatic N) is 7. The molecule has 236 valence electrons. The number of amides is 1. The predicted molar refractivity (Wildman–Crippen MR) is 177 cm³/mol. The van der Waals surface area contributed by atoms with E-state index in [4.69, 9.17) is 16.3 Å². The van der Waals surface area contributed by atoms with Gasteiger partial charge in [0.2, 0.25) is 5.91 Å². The standard InChI is InChI=1S/C32H32ClN9O4/c1-4-22-14-21(32(39-22)41(44)45)18-42(2,3)13-7-9-30(43)40-29-16-25-27(17-35-29)36-20-37-31(25)38-23-10-11-28(26(33)15-23)46-19-24-8-5-6-12-34-24/h5-12,15-17,20H,4,13-14,18-19H2,1-3H3,(H-,35,36,37,38,40,43)/p+1/b9-7+. The summed E-state index contributed by atoms with van der Waals surface area (Å²) in [6.07, 6.45) is 9.02. The molecule has 1 amide bonds. The van der Waals surface area contributed by atoms with Crippen LogP contribution in [0.4, 0.5) is 17.3 Å². The number of anilines is 3. The van der Waals surface area contributed by atoms with Gasteiger partial charge < -0.3 is 30.0 Å².